The molecule has 0 saturated heterocycles. The third-order valence-electron chi connectivity index (χ3n) is 2.48. The first-order valence-electron chi connectivity index (χ1n) is 5.57. The standard InChI is InChI=1S/C13H14F2N2O2/c1-3-7-16-13(19)17-8(2)12(18)11-9(14)5-4-6-10(11)15/h1,4-6,8,12,18H,7H2,2H3,(H2,16,17,19)/t8-,12+/m0/s1. The number of hydrogen-bond acceptors (Lipinski definition) is 2. The molecule has 0 spiro atoms. The zero-order valence-electron chi connectivity index (χ0n) is 10.3. The Morgan fingerprint density at radius 3 is 2.58 bits per heavy atom. The normalized spacial score (nSPS) is 13.2. The van der Waals surface area contributed by atoms with Crippen molar-refractivity contribution >= 4 is 6.03 Å². The van der Waals surface area contributed by atoms with E-state index in [1.165, 1.54) is 13.0 Å². The molecular weight excluding hydrogens is 254 g/mol. The summed E-state index contributed by atoms with van der Waals surface area (Å²) >= 11 is 0. The van der Waals surface area contributed by atoms with Crippen LogP contribution in [0.4, 0.5) is 13.6 Å². The van der Waals surface area contributed by atoms with Gasteiger partial charge >= 0.3 is 6.03 Å². The van der Waals surface area contributed by atoms with Crippen LogP contribution in [0.2, 0.25) is 0 Å². The molecule has 0 bridgehead atoms. The van der Waals surface area contributed by atoms with Gasteiger partial charge in [-0.25, -0.2) is 13.6 Å². The van der Waals surface area contributed by atoms with Crippen molar-refractivity contribution in [1.82, 2.24) is 10.6 Å². The summed E-state index contributed by atoms with van der Waals surface area (Å²) in [5.41, 5.74) is -0.479. The van der Waals surface area contributed by atoms with E-state index in [4.69, 9.17) is 6.42 Å². The summed E-state index contributed by atoms with van der Waals surface area (Å²) in [4.78, 5) is 11.3. The van der Waals surface area contributed by atoms with Crippen molar-refractivity contribution in [3.8, 4) is 12.3 Å². The van der Waals surface area contributed by atoms with Crippen LogP contribution in [0.1, 0.15) is 18.6 Å². The Kier molecular flexibility index (Phi) is 5.27. The molecule has 1 aromatic rings. The fourth-order valence-electron chi connectivity index (χ4n) is 1.51. The predicted octanol–water partition coefficient (Wildman–Crippen LogP) is 1.32. The Bertz CT molecular complexity index is 480. The van der Waals surface area contributed by atoms with E-state index in [1.807, 2.05) is 0 Å². The van der Waals surface area contributed by atoms with Gasteiger partial charge in [0.15, 0.2) is 0 Å². The van der Waals surface area contributed by atoms with E-state index < -0.39 is 35.4 Å². The maximum absolute atomic E-state index is 13.4. The number of carbonyl (C=O) groups is 1. The highest BCUT2D eigenvalue weighted by atomic mass is 19.1. The van der Waals surface area contributed by atoms with Gasteiger partial charge < -0.3 is 15.7 Å². The first kappa shape index (κ1) is 14.9. The van der Waals surface area contributed by atoms with Crippen LogP contribution < -0.4 is 10.6 Å². The van der Waals surface area contributed by atoms with E-state index >= 15 is 0 Å². The highest BCUT2D eigenvalue weighted by molar-refractivity contribution is 5.74. The molecule has 1 rings (SSSR count). The minimum absolute atomic E-state index is 0.0166. The number of nitrogens with one attached hydrogen (secondary N) is 2. The molecule has 4 nitrogen and oxygen atoms in total. The van der Waals surface area contributed by atoms with Crippen LogP contribution in [0, 0.1) is 24.0 Å². The first-order chi connectivity index (χ1) is 8.97. The van der Waals surface area contributed by atoms with E-state index in [2.05, 4.69) is 16.6 Å². The Labute approximate surface area is 109 Å². The SMILES string of the molecule is C#CCNC(=O)N[C@@H](C)[C@@H](O)c1c(F)cccc1F. The van der Waals surface area contributed by atoms with Crippen molar-refractivity contribution < 1.29 is 18.7 Å². The van der Waals surface area contributed by atoms with Gasteiger partial charge in [0, 0.05) is 0 Å². The summed E-state index contributed by atoms with van der Waals surface area (Å²) in [5, 5.41) is 14.5. The highest BCUT2D eigenvalue weighted by Gasteiger charge is 2.24. The largest absolute Gasteiger partial charge is 0.386 e. The topological polar surface area (TPSA) is 61.4 Å². The molecule has 19 heavy (non-hydrogen) atoms. The lowest BCUT2D eigenvalue weighted by Gasteiger charge is -2.21. The zero-order valence-corrected chi connectivity index (χ0v) is 10.3. The number of aliphatic hydroxyl groups is 1. The van der Waals surface area contributed by atoms with Crippen molar-refractivity contribution in [3.05, 3.63) is 35.4 Å². The molecule has 3 N–H and O–H groups in total. The molecule has 0 heterocycles. The Hall–Kier alpha value is -2.13. The number of carbonyl (C=O) groups excluding carboxylic acids is 1. The van der Waals surface area contributed by atoms with Crippen LogP contribution in [-0.4, -0.2) is 23.7 Å². The van der Waals surface area contributed by atoms with Crippen LogP contribution >= 0.6 is 0 Å². The van der Waals surface area contributed by atoms with E-state index in [1.54, 1.807) is 0 Å². The molecule has 0 aliphatic heterocycles. The van der Waals surface area contributed by atoms with Gasteiger partial charge in [0.2, 0.25) is 0 Å². The number of hydrogen-bond donors (Lipinski definition) is 3. The van der Waals surface area contributed by atoms with Crippen molar-refractivity contribution in [2.45, 2.75) is 19.1 Å². The highest BCUT2D eigenvalue weighted by Crippen LogP contribution is 2.23. The van der Waals surface area contributed by atoms with Gasteiger partial charge in [0.1, 0.15) is 17.7 Å². The minimum atomic E-state index is -1.50. The molecule has 0 radical (unpaired) electrons. The number of terminal acetylenes is 1. The average molecular weight is 268 g/mol. The van der Waals surface area contributed by atoms with Crippen LogP contribution in [0.3, 0.4) is 0 Å². The maximum Gasteiger partial charge on any atom is 0.315 e. The summed E-state index contributed by atoms with van der Waals surface area (Å²) in [6.07, 6.45) is 3.46. The molecule has 6 heteroatoms. The van der Waals surface area contributed by atoms with E-state index in [-0.39, 0.29) is 6.54 Å². The smallest absolute Gasteiger partial charge is 0.315 e. The molecule has 1 aromatic carbocycles. The van der Waals surface area contributed by atoms with Gasteiger partial charge in [-0.1, -0.05) is 12.0 Å². The maximum atomic E-state index is 13.4. The lowest BCUT2D eigenvalue weighted by atomic mass is 10.0. The minimum Gasteiger partial charge on any atom is -0.386 e. The predicted molar refractivity (Wildman–Crippen MR) is 66.1 cm³/mol. The average Bonchev–Trinajstić information content (AvgIpc) is 2.35. The molecule has 102 valence electrons. The fourth-order valence-corrected chi connectivity index (χ4v) is 1.51. The molecular formula is C13H14F2N2O2. The van der Waals surface area contributed by atoms with Gasteiger partial charge in [0.25, 0.3) is 0 Å². The lowest BCUT2D eigenvalue weighted by molar-refractivity contribution is 0.129. The van der Waals surface area contributed by atoms with Crippen molar-refractivity contribution in [2.24, 2.45) is 0 Å². The summed E-state index contributed by atoms with van der Waals surface area (Å²) in [7, 11) is 0. The Morgan fingerprint density at radius 2 is 2.05 bits per heavy atom. The molecule has 0 aliphatic carbocycles. The van der Waals surface area contributed by atoms with Crippen molar-refractivity contribution in [3.63, 3.8) is 0 Å². The van der Waals surface area contributed by atoms with Gasteiger partial charge in [-0.3, -0.25) is 0 Å². The molecule has 2 atom stereocenters. The third-order valence-corrected chi connectivity index (χ3v) is 2.48. The van der Waals surface area contributed by atoms with Gasteiger partial charge in [0.05, 0.1) is 18.2 Å². The number of urea groups is 1. The summed E-state index contributed by atoms with van der Waals surface area (Å²) in [5.74, 6) is 0.456. The molecule has 0 aliphatic rings. The monoisotopic (exact) mass is 268 g/mol. The van der Waals surface area contributed by atoms with E-state index in [0.717, 1.165) is 12.1 Å². The van der Waals surface area contributed by atoms with E-state index in [9.17, 15) is 18.7 Å². The molecule has 0 aromatic heterocycles. The second kappa shape index (κ2) is 6.71. The number of rotatable bonds is 4. The van der Waals surface area contributed by atoms with Gasteiger partial charge in [-0.05, 0) is 19.1 Å². The molecule has 0 saturated carbocycles. The summed E-state index contributed by atoms with van der Waals surface area (Å²) < 4.78 is 26.9. The Morgan fingerprint density at radius 1 is 1.47 bits per heavy atom. The second-order valence-corrected chi connectivity index (χ2v) is 3.90. The zero-order chi connectivity index (χ0) is 14.4. The molecule has 2 amide bonds. The van der Waals surface area contributed by atoms with Gasteiger partial charge in [-0.2, -0.15) is 0 Å². The van der Waals surface area contributed by atoms with Crippen molar-refractivity contribution in [2.75, 3.05) is 6.54 Å². The third kappa shape index (κ3) is 3.93. The van der Waals surface area contributed by atoms with Crippen LogP contribution in [0.25, 0.3) is 0 Å². The Balaban J connectivity index is 2.75. The first-order valence-corrected chi connectivity index (χ1v) is 5.57. The number of benzene rings is 1. The molecule has 0 fully saturated rings. The lowest BCUT2D eigenvalue weighted by Crippen LogP contribution is -2.43. The summed E-state index contributed by atoms with van der Waals surface area (Å²) in [6, 6.07) is 1.75. The second-order valence-electron chi connectivity index (χ2n) is 3.90. The van der Waals surface area contributed by atoms with Crippen LogP contribution in [-0.2, 0) is 0 Å². The quantitative estimate of drug-likeness (QED) is 0.721. The van der Waals surface area contributed by atoms with E-state index in [0.29, 0.717) is 0 Å². The van der Waals surface area contributed by atoms with Crippen LogP contribution in [0.5, 0.6) is 0 Å². The fraction of sp³-hybridized carbons (Fsp3) is 0.308. The number of aliphatic hydroxyl groups excluding tert-OH is 1. The summed E-state index contributed by atoms with van der Waals surface area (Å²) in [6.45, 7) is 1.44. The number of halogens is 2. The number of amides is 2. The van der Waals surface area contributed by atoms with Crippen molar-refractivity contribution in [1.29, 1.82) is 0 Å². The molecule has 0 unspecified atom stereocenters. The van der Waals surface area contributed by atoms with Gasteiger partial charge in [-0.15, -0.1) is 6.42 Å². The van der Waals surface area contributed by atoms with Crippen LogP contribution in [0.15, 0.2) is 18.2 Å².